The molecule has 2 heterocycles. The van der Waals surface area contributed by atoms with Crippen molar-refractivity contribution in [1.82, 2.24) is 15.2 Å². The molecule has 0 amide bonds. The van der Waals surface area contributed by atoms with Gasteiger partial charge in [0.15, 0.2) is 0 Å². The van der Waals surface area contributed by atoms with Gasteiger partial charge in [-0.15, -0.1) is 0 Å². The largest absolute Gasteiger partial charge is 0.497 e. The number of aryl methyl sites for hydroxylation is 1. The van der Waals surface area contributed by atoms with Crippen LogP contribution in [0.3, 0.4) is 0 Å². The number of hydrogen-bond acceptors (Lipinski definition) is 3. The maximum absolute atomic E-state index is 12.1. The van der Waals surface area contributed by atoms with Gasteiger partial charge in [0.25, 0.3) is 5.56 Å². The summed E-state index contributed by atoms with van der Waals surface area (Å²) >= 11 is 6.37. The number of nitrogens with one attached hydrogen (secondary N) is 2. The van der Waals surface area contributed by atoms with Crippen LogP contribution in [0.15, 0.2) is 29.1 Å². The van der Waals surface area contributed by atoms with Crippen molar-refractivity contribution in [3.05, 3.63) is 45.3 Å². The minimum absolute atomic E-state index is 0.181. The Morgan fingerprint density at radius 2 is 2.09 bits per heavy atom. The summed E-state index contributed by atoms with van der Waals surface area (Å²) in [5, 5.41) is 6.88. The van der Waals surface area contributed by atoms with E-state index in [0.717, 1.165) is 35.2 Å². The van der Waals surface area contributed by atoms with Gasteiger partial charge in [-0.1, -0.05) is 24.9 Å². The van der Waals surface area contributed by atoms with Gasteiger partial charge in [-0.05, 0) is 30.7 Å². The van der Waals surface area contributed by atoms with Crippen LogP contribution in [0.25, 0.3) is 22.2 Å². The van der Waals surface area contributed by atoms with Crippen molar-refractivity contribution < 1.29 is 4.74 Å². The number of fused-ring (bicyclic) bond motifs is 1. The maximum atomic E-state index is 12.1. The lowest BCUT2D eigenvalue weighted by Crippen LogP contribution is -2.04. The van der Waals surface area contributed by atoms with Crippen LogP contribution >= 0.6 is 11.6 Å². The molecular weight excluding hydrogens is 302 g/mol. The third-order valence-corrected chi connectivity index (χ3v) is 3.89. The monoisotopic (exact) mass is 317 g/mol. The average Bonchev–Trinajstić information content (AvgIpc) is 2.88. The predicted molar refractivity (Wildman–Crippen MR) is 87.7 cm³/mol. The normalized spacial score (nSPS) is 11.0. The number of benzene rings is 1. The summed E-state index contributed by atoms with van der Waals surface area (Å²) in [7, 11) is 1.60. The molecule has 5 nitrogen and oxygen atoms in total. The van der Waals surface area contributed by atoms with E-state index in [4.69, 9.17) is 16.3 Å². The Bertz CT molecular complexity index is 883. The van der Waals surface area contributed by atoms with Crippen LogP contribution in [0.5, 0.6) is 5.75 Å². The number of pyridine rings is 1. The van der Waals surface area contributed by atoms with E-state index < -0.39 is 0 Å². The lowest BCUT2D eigenvalue weighted by molar-refractivity contribution is 0.415. The van der Waals surface area contributed by atoms with Crippen LogP contribution in [0.4, 0.5) is 0 Å². The summed E-state index contributed by atoms with van der Waals surface area (Å²) in [6.07, 6.45) is 1.70. The van der Waals surface area contributed by atoms with E-state index >= 15 is 0 Å². The van der Waals surface area contributed by atoms with E-state index in [1.807, 2.05) is 18.2 Å². The first-order chi connectivity index (χ1) is 10.6. The second-order valence-corrected chi connectivity index (χ2v) is 5.46. The van der Waals surface area contributed by atoms with Gasteiger partial charge < -0.3 is 9.84 Å². The highest BCUT2D eigenvalue weighted by atomic mass is 35.5. The van der Waals surface area contributed by atoms with Crippen LogP contribution in [0.2, 0.25) is 5.02 Å². The molecule has 3 aromatic rings. The van der Waals surface area contributed by atoms with Gasteiger partial charge in [-0.2, -0.15) is 0 Å². The molecular formula is C16H16ClN3O2. The van der Waals surface area contributed by atoms with Crippen molar-refractivity contribution in [2.45, 2.75) is 19.8 Å². The smallest absolute Gasteiger partial charge is 0.273 e. The quantitative estimate of drug-likeness (QED) is 0.773. The number of aromatic nitrogens is 3. The Kier molecular flexibility index (Phi) is 3.90. The molecule has 2 N–H and O–H groups in total. The van der Waals surface area contributed by atoms with E-state index in [9.17, 15) is 4.79 Å². The Morgan fingerprint density at radius 3 is 2.82 bits per heavy atom. The molecule has 0 saturated heterocycles. The first-order valence-electron chi connectivity index (χ1n) is 7.08. The number of ether oxygens (including phenoxy) is 1. The highest BCUT2D eigenvalue weighted by Gasteiger charge is 2.15. The summed E-state index contributed by atoms with van der Waals surface area (Å²) in [6, 6.07) is 7.22. The molecule has 0 bridgehead atoms. The van der Waals surface area contributed by atoms with E-state index in [0.29, 0.717) is 16.3 Å². The molecule has 22 heavy (non-hydrogen) atoms. The Hall–Kier alpha value is -2.27. The summed E-state index contributed by atoms with van der Waals surface area (Å²) in [6.45, 7) is 2.06. The lowest BCUT2D eigenvalue weighted by atomic mass is 10.1. The van der Waals surface area contributed by atoms with Gasteiger partial charge in [0.05, 0.1) is 28.9 Å². The fourth-order valence-electron chi connectivity index (χ4n) is 2.52. The number of halogens is 1. The predicted octanol–water partition coefficient (Wildman–Crippen LogP) is 3.53. The molecule has 0 atom stereocenters. The number of methoxy groups -OCH3 is 1. The molecule has 0 saturated carbocycles. The SMILES string of the molecule is CCCc1[nH][nH]c(=O)c1-c1cc(Cl)c2cc(OC)ccc2n1. The summed E-state index contributed by atoms with van der Waals surface area (Å²) < 4.78 is 5.20. The van der Waals surface area contributed by atoms with Crippen molar-refractivity contribution in [1.29, 1.82) is 0 Å². The van der Waals surface area contributed by atoms with Crippen molar-refractivity contribution in [3.8, 4) is 17.0 Å². The van der Waals surface area contributed by atoms with Crippen molar-refractivity contribution >= 4 is 22.5 Å². The van der Waals surface area contributed by atoms with Gasteiger partial charge in [0.1, 0.15) is 5.75 Å². The fourth-order valence-corrected chi connectivity index (χ4v) is 2.78. The lowest BCUT2D eigenvalue weighted by Gasteiger charge is -2.07. The summed E-state index contributed by atoms with van der Waals surface area (Å²) in [4.78, 5) is 16.7. The van der Waals surface area contributed by atoms with Gasteiger partial charge >= 0.3 is 0 Å². The molecule has 0 aliphatic rings. The molecule has 0 fully saturated rings. The maximum Gasteiger partial charge on any atom is 0.273 e. The van der Waals surface area contributed by atoms with Crippen molar-refractivity contribution in [3.63, 3.8) is 0 Å². The topological polar surface area (TPSA) is 70.8 Å². The molecule has 0 aliphatic heterocycles. The highest BCUT2D eigenvalue weighted by molar-refractivity contribution is 6.35. The number of H-pyrrole nitrogens is 2. The molecule has 0 aliphatic carbocycles. The van der Waals surface area contributed by atoms with E-state index in [1.165, 1.54) is 0 Å². The number of nitrogens with zero attached hydrogens (tertiary/aromatic N) is 1. The Labute approximate surface area is 132 Å². The van der Waals surface area contributed by atoms with Crippen LogP contribution in [0.1, 0.15) is 19.0 Å². The molecule has 0 unspecified atom stereocenters. The molecule has 0 radical (unpaired) electrons. The third kappa shape index (κ3) is 2.48. The molecule has 3 rings (SSSR count). The molecule has 1 aromatic carbocycles. The van der Waals surface area contributed by atoms with E-state index in [1.54, 1.807) is 13.2 Å². The number of aromatic amines is 2. The zero-order chi connectivity index (χ0) is 15.7. The van der Waals surface area contributed by atoms with Crippen molar-refractivity contribution in [2.75, 3.05) is 7.11 Å². The van der Waals surface area contributed by atoms with Crippen LogP contribution < -0.4 is 10.3 Å². The van der Waals surface area contributed by atoms with E-state index in [-0.39, 0.29) is 5.56 Å². The zero-order valence-electron chi connectivity index (χ0n) is 12.4. The molecule has 114 valence electrons. The van der Waals surface area contributed by atoms with Gasteiger partial charge in [0.2, 0.25) is 0 Å². The van der Waals surface area contributed by atoms with Crippen LogP contribution in [-0.2, 0) is 6.42 Å². The average molecular weight is 318 g/mol. The van der Waals surface area contributed by atoms with Crippen LogP contribution in [-0.4, -0.2) is 22.3 Å². The first-order valence-corrected chi connectivity index (χ1v) is 7.46. The first kappa shape index (κ1) is 14.7. The molecule has 2 aromatic heterocycles. The van der Waals surface area contributed by atoms with Crippen molar-refractivity contribution in [2.24, 2.45) is 0 Å². The van der Waals surface area contributed by atoms with Gasteiger partial charge in [-0.25, -0.2) is 4.98 Å². The standard InChI is InChI=1S/C16H16ClN3O2/c1-3-4-13-15(16(21)20-19-13)14-8-11(17)10-7-9(22-2)5-6-12(10)18-14/h5-8H,3-4H2,1-2H3,(H2,19,20,21). The molecule has 6 heteroatoms. The second kappa shape index (κ2) is 5.85. The minimum atomic E-state index is -0.181. The van der Waals surface area contributed by atoms with E-state index in [2.05, 4.69) is 22.1 Å². The fraction of sp³-hybridized carbons (Fsp3) is 0.250. The third-order valence-electron chi connectivity index (χ3n) is 3.58. The Balaban J connectivity index is 2.21. The summed E-state index contributed by atoms with van der Waals surface area (Å²) in [5.74, 6) is 0.718. The second-order valence-electron chi connectivity index (χ2n) is 5.06. The highest BCUT2D eigenvalue weighted by Crippen LogP contribution is 2.30. The van der Waals surface area contributed by atoms with Gasteiger partial charge in [0, 0.05) is 11.1 Å². The zero-order valence-corrected chi connectivity index (χ0v) is 13.1. The Morgan fingerprint density at radius 1 is 1.27 bits per heavy atom. The van der Waals surface area contributed by atoms with Gasteiger partial charge in [-0.3, -0.25) is 9.89 Å². The summed E-state index contributed by atoms with van der Waals surface area (Å²) in [5.41, 5.74) is 2.53. The number of rotatable bonds is 4. The number of hydrogen-bond donors (Lipinski definition) is 2. The minimum Gasteiger partial charge on any atom is -0.497 e. The molecule has 0 spiro atoms. The van der Waals surface area contributed by atoms with Crippen LogP contribution in [0, 0.1) is 0 Å².